The molecule has 0 atom stereocenters. The molecule has 1 aliphatic rings. The molecule has 0 spiro atoms. The average molecular weight is 293 g/mol. The third-order valence-corrected chi connectivity index (χ3v) is 3.50. The van der Waals surface area contributed by atoms with Crippen LogP contribution in [0.2, 0.25) is 0 Å². The highest BCUT2D eigenvalue weighted by Gasteiger charge is 2.12. The number of hydrogen-bond acceptors (Lipinski definition) is 5. The predicted molar refractivity (Wildman–Crippen MR) is 79.6 cm³/mol. The lowest BCUT2D eigenvalue weighted by atomic mass is 10.2. The molecule has 0 unspecified atom stereocenters. The summed E-state index contributed by atoms with van der Waals surface area (Å²) in [5, 5.41) is 2.91. The second-order valence-corrected chi connectivity index (χ2v) is 4.98. The normalized spacial score (nSPS) is 15.7. The van der Waals surface area contributed by atoms with Crippen LogP contribution in [0, 0.1) is 0 Å². The number of carbonyl (C=O) groups excluding carboxylic acids is 1. The Balaban J connectivity index is 1.65. The Kier molecular flexibility index (Phi) is 6.43. The van der Waals surface area contributed by atoms with Gasteiger partial charge in [0.2, 0.25) is 5.88 Å². The summed E-state index contributed by atoms with van der Waals surface area (Å²) in [6, 6.07) is 3.45. The van der Waals surface area contributed by atoms with Crippen LogP contribution in [0.1, 0.15) is 23.2 Å². The summed E-state index contributed by atoms with van der Waals surface area (Å²) < 4.78 is 10.4. The number of ether oxygens (including phenoxy) is 2. The number of unbranched alkanes of at least 4 members (excludes halogenated alkanes) is 1. The molecular weight excluding hydrogens is 270 g/mol. The van der Waals surface area contributed by atoms with Crippen molar-refractivity contribution in [2.75, 3.05) is 46.5 Å². The minimum atomic E-state index is -0.133. The van der Waals surface area contributed by atoms with Gasteiger partial charge < -0.3 is 14.8 Å². The second-order valence-electron chi connectivity index (χ2n) is 4.98. The van der Waals surface area contributed by atoms with Gasteiger partial charge in [0.25, 0.3) is 5.91 Å². The fraction of sp³-hybridized carbons (Fsp3) is 0.600. The standard InChI is InChI=1S/C15H23N3O3/c1-20-15-13(5-4-7-17-15)14(19)16-6-2-3-8-18-9-11-21-12-10-18/h4-5,7H,2-3,6,8-12H2,1H3,(H,16,19). The van der Waals surface area contributed by atoms with E-state index in [-0.39, 0.29) is 5.91 Å². The number of methoxy groups -OCH3 is 1. The fourth-order valence-corrected chi connectivity index (χ4v) is 2.31. The van der Waals surface area contributed by atoms with E-state index in [4.69, 9.17) is 9.47 Å². The lowest BCUT2D eigenvalue weighted by Crippen LogP contribution is -2.37. The Hall–Kier alpha value is -1.66. The number of nitrogens with one attached hydrogen (secondary N) is 1. The van der Waals surface area contributed by atoms with Gasteiger partial charge in [-0.2, -0.15) is 0 Å². The van der Waals surface area contributed by atoms with Crippen molar-refractivity contribution in [2.24, 2.45) is 0 Å². The van der Waals surface area contributed by atoms with Crippen LogP contribution in [0.25, 0.3) is 0 Å². The number of aromatic nitrogens is 1. The van der Waals surface area contributed by atoms with Crippen molar-refractivity contribution in [3.8, 4) is 5.88 Å². The fourth-order valence-electron chi connectivity index (χ4n) is 2.31. The number of hydrogen-bond donors (Lipinski definition) is 1. The van der Waals surface area contributed by atoms with Gasteiger partial charge in [0.1, 0.15) is 5.56 Å². The molecular formula is C15H23N3O3. The van der Waals surface area contributed by atoms with Crippen LogP contribution < -0.4 is 10.1 Å². The Bertz CT molecular complexity index is 448. The SMILES string of the molecule is COc1ncccc1C(=O)NCCCCN1CCOCC1. The Morgan fingerprint density at radius 1 is 1.43 bits per heavy atom. The summed E-state index contributed by atoms with van der Waals surface area (Å²) in [4.78, 5) is 18.5. The number of carbonyl (C=O) groups is 1. The van der Waals surface area contributed by atoms with Gasteiger partial charge in [0, 0.05) is 25.8 Å². The van der Waals surface area contributed by atoms with Gasteiger partial charge in [-0.1, -0.05) is 0 Å². The number of rotatable bonds is 7. The van der Waals surface area contributed by atoms with Crippen LogP contribution in [0.15, 0.2) is 18.3 Å². The molecule has 116 valence electrons. The summed E-state index contributed by atoms with van der Waals surface area (Å²) in [5.41, 5.74) is 0.480. The van der Waals surface area contributed by atoms with Gasteiger partial charge in [-0.3, -0.25) is 9.69 Å². The summed E-state index contributed by atoms with van der Waals surface area (Å²) in [7, 11) is 1.52. The van der Waals surface area contributed by atoms with Crippen LogP contribution in [-0.2, 0) is 4.74 Å². The Labute approximate surface area is 125 Å². The van der Waals surface area contributed by atoms with Crippen molar-refractivity contribution in [3.63, 3.8) is 0 Å². The molecule has 1 aliphatic heterocycles. The lowest BCUT2D eigenvalue weighted by Gasteiger charge is -2.26. The van der Waals surface area contributed by atoms with E-state index < -0.39 is 0 Å². The molecule has 2 heterocycles. The van der Waals surface area contributed by atoms with E-state index in [2.05, 4.69) is 15.2 Å². The average Bonchev–Trinajstić information content (AvgIpc) is 2.55. The minimum absolute atomic E-state index is 0.133. The van der Waals surface area contributed by atoms with Crippen LogP contribution in [0.4, 0.5) is 0 Å². The van der Waals surface area contributed by atoms with E-state index in [1.807, 2.05) is 0 Å². The molecule has 0 bridgehead atoms. The van der Waals surface area contributed by atoms with Crippen molar-refractivity contribution in [1.82, 2.24) is 15.2 Å². The predicted octanol–water partition coefficient (Wildman–Crippen LogP) is 0.932. The van der Waals surface area contributed by atoms with Crippen molar-refractivity contribution in [1.29, 1.82) is 0 Å². The molecule has 21 heavy (non-hydrogen) atoms. The molecule has 0 radical (unpaired) electrons. The van der Waals surface area contributed by atoms with Crippen LogP contribution in [0.5, 0.6) is 5.88 Å². The third kappa shape index (κ3) is 4.99. The first kappa shape index (κ1) is 15.7. The summed E-state index contributed by atoms with van der Waals surface area (Å²) >= 11 is 0. The van der Waals surface area contributed by atoms with E-state index in [9.17, 15) is 4.79 Å². The molecule has 0 saturated carbocycles. The zero-order valence-corrected chi connectivity index (χ0v) is 12.5. The second kappa shape index (κ2) is 8.59. The monoisotopic (exact) mass is 293 g/mol. The molecule has 1 aromatic heterocycles. The molecule has 6 nitrogen and oxygen atoms in total. The smallest absolute Gasteiger partial charge is 0.256 e. The maximum atomic E-state index is 12.0. The topological polar surface area (TPSA) is 63.7 Å². The zero-order valence-electron chi connectivity index (χ0n) is 12.5. The highest BCUT2D eigenvalue weighted by Crippen LogP contribution is 2.12. The first-order chi connectivity index (χ1) is 10.3. The third-order valence-electron chi connectivity index (χ3n) is 3.50. The molecule has 6 heteroatoms. The highest BCUT2D eigenvalue weighted by molar-refractivity contribution is 5.96. The van der Waals surface area contributed by atoms with E-state index >= 15 is 0 Å². The molecule has 1 N–H and O–H groups in total. The van der Waals surface area contributed by atoms with Crippen LogP contribution >= 0.6 is 0 Å². The summed E-state index contributed by atoms with van der Waals surface area (Å²) in [6.45, 7) is 5.42. The molecule has 1 amide bonds. The van der Waals surface area contributed by atoms with E-state index in [1.165, 1.54) is 7.11 Å². The van der Waals surface area contributed by atoms with E-state index in [0.29, 0.717) is 18.0 Å². The van der Waals surface area contributed by atoms with E-state index in [1.54, 1.807) is 18.3 Å². The van der Waals surface area contributed by atoms with E-state index in [0.717, 1.165) is 45.7 Å². The summed E-state index contributed by atoms with van der Waals surface area (Å²) in [5.74, 6) is 0.231. The quantitative estimate of drug-likeness (QED) is 0.758. The number of pyridine rings is 1. The Morgan fingerprint density at radius 2 is 2.24 bits per heavy atom. The largest absolute Gasteiger partial charge is 0.480 e. The number of nitrogens with zero attached hydrogens (tertiary/aromatic N) is 2. The molecule has 1 aromatic rings. The zero-order chi connectivity index (χ0) is 14.9. The van der Waals surface area contributed by atoms with Gasteiger partial charge in [0.05, 0.1) is 20.3 Å². The lowest BCUT2D eigenvalue weighted by molar-refractivity contribution is 0.0372. The van der Waals surface area contributed by atoms with Crippen LogP contribution in [0.3, 0.4) is 0 Å². The van der Waals surface area contributed by atoms with Crippen molar-refractivity contribution >= 4 is 5.91 Å². The molecule has 2 rings (SSSR count). The first-order valence-corrected chi connectivity index (χ1v) is 7.38. The van der Waals surface area contributed by atoms with Gasteiger partial charge in [0.15, 0.2) is 0 Å². The number of amides is 1. The summed E-state index contributed by atoms with van der Waals surface area (Å²) in [6.07, 6.45) is 3.65. The van der Waals surface area contributed by atoms with Crippen molar-refractivity contribution in [3.05, 3.63) is 23.9 Å². The van der Waals surface area contributed by atoms with Crippen LogP contribution in [-0.4, -0.2) is 62.3 Å². The first-order valence-electron chi connectivity index (χ1n) is 7.38. The van der Waals surface area contributed by atoms with Crippen molar-refractivity contribution in [2.45, 2.75) is 12.8 Å². The maximum Gasteiger partial charge on any atom is 0.256 e. The number of morpholine rings is 1. The van der Waals surface area contributed by atoms with Gasteiger partial charge in [-0.25, -0.2) is 4.98 Å². The van der Waals surface area contributed by atoms with Gasteiger partial charge >= 0.3 is 0 Å². The molecule has 1 fully saturated rings. The molecule has 0 aromatic carbocycles. The molecule has 0 aliphatic carbocycles. The Morgan fingerprint density at radius 3 is 3.00 bits per heavy atom. The highest BCUT2D eigenvalue weighted by atomic mass is 16.5. The molecule has 1 saturated heterocycles. The minimum Gasteiger partial charge on any atom is -0.480 e. The van der Waals surface area contributed by atoms with Gasteiger partial charge in [-0.15, -0.1) is 0 Å². The van der Waals surface area contributed by atoms with Crippen molar-refractivity contribution < 1.29 is 14.3 Å². The van der Waals surface area contributed by atoms with Gasteiger partial charge in [-0.05, 0) is 31.5 Å². The maximum absolute atomic E-state index is 12.0.